The third-order valence-electron chi connectivity index (χ3n) is 4.84. The number of hydrogen-bond acceptors (Lipinski definition) is 4. The van der Waals surface area contributed by atoms with Crippen molar-refractivity contribution < 1.29 is 14.7 Å². The van der Waals surface area contributed by atoms with Crippen molar-refractivity contribution in [3.63, 3.8) is 0 Å². The zero-order chi connectivity index (χ0) is 20.1. The van der Waals surface area contributed by atoms with Gasteiger partial charge in [0.05, 0.1) is 11.7 Å². The van der Waals surface area contributed by atoms with Crippen molar-refractivity contribution in [3.8, 4) is 0 Å². The van der Waals surface area contributed by atoms with E-state index >= 15 is 0 Å². The van der Waals surface area contributed by atoms with Crippen LogP contribution < -0.4 is 5.32 Å². The molecule has 2 heterocycles. The number of nitrogens with zero attached hydrogens (tertiary/aromatic N) is 2. The third kappa shape index (κ3) is 4.14. The monoisotopic (exact) mass is 399 g/mol. The number of benzene rings is 1. The van der Waals surface area contributed by atoms with Crippen molar-refractivity contribution in [2.45, 2.75) is 38.8 Å². The van der Waals surface area contributed by atoms with Crippen LogP contribution in [0, 0.1) is 0 Å². The molecule has 1 amide bonds. The van der Waals surface area contributed by atoms with Gasteiger partial charge >= 0.3 is 5.97 Å². The number of pyridine rings is 1. The number of fused-ring (bicyclic) bond motifs is 3. The van der Waals surface area contributed by atoms with E-state index in [1.54, 1.807) is 24.0 Å². The Bertz CT molecular complexity index is 999. The molecule has 1 atom stereocenters. The second kappa shape index (κ2) is 9.10. The summed E-state index contributed by atoms with van der Waals surface area (Å²) in [4.78, 5) is 28.4. The van der Waals surface area contributed by atoms with Gasteiger partial charge in [-0.1, -0.05) is 31.5 Å². The zero-order valence-corrected chi connectivity index (χ0v) is 17.0. The first-order valence-electron chi connectivity index (χ1n) is 9.46. The van der Waals surface area contributed by atoms with Crippen LogP contribution in [0.4, 0.5) is 0 Å². The second-order valence-electron chi connectivity index (χ2n) is 6.75. The van der Waals surface area contributed by atoms with Crippen LogP contribution in [0.2, 0.25) is 0 Å². The Morgan fingerprint density at radius 2 is 2.04 bits per heavy atom. The molecule has 0 bridgehead atoms. The molecule has 7 heteroatoms. The molecular formula is C21H25N3O3S. The zero-order valence-electron chi connectivity index (χ0n) is 16.1. The van der Waals surface area contributed by atoms with Crippen molar-refractivity contribution in [1.82, 2.24) is 14.9 Å². The highest BCUT2D eigenvalue weighted by Crippen LogP contribution is 2.29. The predicted molar refractivity (Wildman–Crippen MR) is 114 cm³/mol. The van der Waals surface area contributed by atoms with Gasteiger partial charge in [-0.05, 0) is 37.0 Å². The SMILES string of the molecule is CCCCn1c2ccccc2c2cc(C(=O)N[C@@H](CCSC)C(=O)O)ncc21. The number of rotatable bonds is 9. The lowest BCUT2D eigenvalue weighted by Gasteiger charge is -2.13. The molecule has 1 aromatic carbocycles. The Morgan fingerprint density at radius 1 is 1.25 bits per heavy atom. The van der Waals surface area contributed by atoms with Gasteiger partial charge in [0.15, 0.2) is 0 Å². The number of carboxylic acid groups (broad SMARTS) is 1. The fraction of sp³-hybridized carbons (Fsp3) is 0.381. The minimum Gasteiger partial charge on any atom is -0.480 e. The van der Waals surface area contributed by atoms with Crippen LogP contribution in [0.25, 0.3) is 21.8 Å². The number of amides is 1. The van der Waals surface area contributed by atoms with Gasteiger partial charge < -0.3 is 15.0 Å². The number of para-hydroxylation sites is 1. The van der Waals surface area contributed by atoms with Crippen molar-refractivity contribution in [1.29, 1.82) is 0 Å². The summed E-state index contributed by atoms with van der Waals surface area (Å²) in [7, 11) is 0. The molecule has 6 nitrogen and oxygen atoms in total. The lowest BCUT2D eigenvalue weighted by molar-refractivity contribution is -0.139. The number of hydrogen-bond donors (Lipinski definition) is 2. The van der Waals surface area contributed by atoms with E-state index in [9.17, 15) is 14.7 Å². The Labute approximate surface area is 168 Å². The third-order valence-corrected chi connectivity index (χ3v) is 5.48. The normalized spacial score (nSPS) is 12.4. The molecule has 0 aliphatic carbocycles. The highest BCUT2D eigenvalue weighted by molar-refractivity contribution is 7.98. The van der Waals surface area contributed by atoms with Gasteiger partial charge in [-0.2, -0.15) is 11.8 Å². The molecule has 148 valence electrons. The largest absolute Gasteiger partial charge is 0.480 e. The van der Waals surface area contributed by atoms with Crippen molar-refractivity contribution in [2.24, 2.45) is 0 Å². The summed E-state index contributed by atoms with van der Waals surface area (Å²) in [6.45, 7) is 3.05. The summed E-state index contributed by atoms with van der Waals surface area (Å²) >= 11 is 1.55. The van der Waals surface area contributed by atoms with Crippen LogP contribution in [-0.2, 0) is 11.3 Å². The number of unbranched alkanes of at least 4 members (excludes halogenated alkanes) is 1. The van der Waals surface area contributed by atoms with E-state index < -0.39 is 17.9 Å². The van der Waals surface area contributed by atoms with Crippen molar-refractivity contribution in [3.05, 3.63) is 42.2 Å². The molecule has 2 N–H and O–H groups in total. The maximum Gasteiger partial charge on any atom is 0.326 e. The van der Waals surface area contributed by atoms with E-state index in [-0.39, 0.29) is 5.69 Å². The second-order valence-corrected chi connectivity index (χ2v) is 7.74. The van der Waals surface area contributed by atoms with E-state index in [2.05, 4.69) is 27.9 Å². The highest BCUT2D eigenvalue weighted by atomic mass is 32.2. The topological polar surface area (TPSA) is 84.2 Å². The van der Waals surface area contributed by atoms with Gasteiger partial charge in [-0.15, -0.1) is 0 Å². The van der Waals surface area contributed by atoms with Crippen LogP contribution in [0.1, 0.15) is 36.7 Å². The number of carbonyl (C=O) groups excluding carboxylic acids is 1. The number of nitrogens with one attached hydrogen (secondary N) is 1. The summed E-state index contributed by atoms with van der Waals surface area (Å²) in [5.74, 6) is -0.824. The first kappa shape index (κ1) is 20.2. The molecule has 0 saturated carbocycles. The fourth-order valence-electron chi connectivity index (χ4n) is 3.35. The highest BCUT2D eigenvalue weighted by Gasteiger charge is 2.21. The number of thioether (sulfide) groups is 1. The lowest BCUT2D eigenvalue weighted by Crippen LogP contribution is -2.41. The minimum absolute atomic E-state index is 0.237. The number of aromatic nitrogens is 2. The van der Waals surface area contributed by atoms with Crippen molar-refractivity contribution >= 4 is 45.4 Å². The van der Waals surface area contributed by atoms with Crippen LogP contribution in [0.5, 0.6) is 0 Å². The van der Waals surface area contributed by atoms with Crippen LogP contribution >= 0.6 is 11.8 Å². The van der Waals surface area contributed by atoms with Gasteiger partial charge in [0.25, 0.3) is 5.91 Å². The molecule has 0 spiro atoms. The molecule has 0 aliphatic rings. The average molecular weight is 400 g/mol. The van der Waals surface area contributed by atoms with Gasteiger partial charge in [0, 0.05) is 22.8 Å². The average Bonchev–Trinajstić information content (AvgIpc) is 3.02. The standard InChI is InChI=1S/C21H25N3O3S/c1-3-4-10-24-18-8-6-5-7-14(18)15-12-17(22-13-19(15)24)20(25)23-16(21(26)27)9-11-28-2/h5-8,12-13,16H,3-4,9-11H2,1-2H3,(H,23,25)(H,26,27)/t16-/m0/s1. The van der Waals surface area contributed by atoms with Gasteiger partial charge in [0.1, 0.15) is 11.7 Å². The maximum atomic E-state index is 12.6. The van der Waals surface area contributed by atoms with E-state index in [4.69, 9.17) is 0 Å². The molecule has 0 aliphatic heterocycles. The molecule has 0 unspecified atom stereocenters. The first-order chi connectivity index (χ1) is 13.6. The van der Waals surface area contributed by atoms with Crippen molar-refractivity contribution in [2.75, 3.05) is 12.0 Å². The molecule has 0 saturated heterocycles. The number of carboxylic acids is 1. The van der Waals surface area contributed by atoms with Gasteiger partial charge in [-0.3, -0.25) is 4.79 Å². The molecule has 0 radical (unpaired) electrons. The lowest BCUT2D eigenvalue weighted by atomic mass is 10.1. The summed E-state index contributed by atoms with van der Waals surface area (Å²) in [6, 6.07) is 8.96. The van der Waals surface area contributed by atoms with E-state index in [0.29, 0.717) is 12.2 Å². The Morgan fingerprint density at radius 3 is 2.75 bits per heavy atom. The summed E-state index contributed by atoms with van der Waals surface area (Å²) < 4.78 is 2.24. The molecule has 0 fully saturated rings. The molecule has 3 aromatic rings. The predicted octanol–water partition coefficient (Wildman–Crippen LogP) is 3.93. The molecule has 2 aromatic heterocycles. The Hall–Kier alpha value is -2.54. The van der Waals surface area contributed by atoms with E-state index in [0.717, 1.165) is 41.2 Å². The molecule has 3 rings (SSSR count). The van der Waals surface area contributed by atoms with Crippen LogP contribution in [0.3, 0.4) is 0 Å². The summed E-state index contributed by atoms with van der Waals surface area (Å²) in [5, 5.41) is 14.0. The quantitative estimate of drug-likeness (QED) is 0.570. The Balaban J connectivity index is 1.96. The fourth-order valence-corrected chi connectivity index (χ4v) is 3.82. The molecule has 28 heavy (non-hydrogen) atoms. The van der Waals surface area contributed by atoms with Gasteiger partial charge in [-0.25, -0.2) is 9.78 Å². The minimum atomic E-state index is -1.03. The van der Waals surface area contributed by atoms with Crippen LogP contribution in [0.15, 0.2) is 36.5 Å². The number of aryl methyl sites for hydroxylation is 1. The smallest absolute Gasteiger partial charge is 0.326 e. The number of aliphatic carboxylic acids is 1. The van der Waals surface area contributed by atoms with Crippen LogP contribution in [-0.4, -0.2) is 44.6 Å². The molecular weight excluding hydrogens is 374 g/mol. The summed E-state index contributed by atoms with van der Waals surface area (Å²) in [6.07, 6.45) is 6.16. The maximum absolute atomic E-state index is 12.6. The van der Waals surface area contributed by atoms with E-state index in [1.165, 1.54) is 0 Å². The van der Waals surface area contributed by atoms with Gasteiger partial charge in [0.2, 0.25) is 0 Å². The Kier molecular flexibility index (Phi) is 6.57. The number of carbonyl (C=O) groups is 2. The first-order valence-corrected chi connectivity index (χ1v) is 10.9. The summed E-state index contributed by atoms with van der Waals surface area (Å²) in [5.41, 5.74) is 2.35. The van der Waals surface area contributed by atoms with E-state index in [1.807, 2.05) is 24.5 Å².